The molecule has 0 atom stereocenters. The largest absolute Gasteiger partial charge is 0.292 e. The SMILES string of the molecule is CCc1ccc(C(=O)CN2C(=O)CCSC2=O)cc1. The first-order chi connectivity index (χ1) is 9.11. The van der Waals surface area contributed by atoms with Crippen LogP contribution in [0.15, 0.2) is 24.3 Å². The molecular weight excluding hydrogens is 262 g/mol. The zero-order chi connectivity index (χ0) is 13.8. The molecule has 0 N–H and O–H groups in total. The van der Waals surface area contributed by atoms with E-state index in [1.54, 1.807) is 12.1 Å². The van der Waals surface area contributed by atoms with Crippen LogP contribution in [0.25, 0.3) is 0 Å². The fraction of sp³-hybridized carbons (Fsp3) is 0.357. The minimum absolute atomic E-state index is 0.157. The summed E-state index contributed by atoms with van der Waals surface area (Å²) < 4.78 is 0. The Morgan fingerprint density at radius 1 is 1.26 bits per heavy atom. The number of benzene rings is 1. The van der Waals surface area contributed by atoms with Gasteiger partial charge < -0.3 is 0 Å². The minimum Gasteiger partial charge on any atom is -0.292 e. The number of imide groups is 1. The number of carbonyl (C=O) groups is 3. The first kappa shape index (κ1) is 13.8. The number of amides is 2. The van der Waals surface area contributed by atoms with Crippen LogP contribution in [0.3, 0.4) is 0 Å². The van der Waals surface area contributed by atoms with Crippen LogP contribution in [0.5, 0.6) is 0 Å². The van der Waals surface area contributed by atoms with Gasteiger partial charge in [-0.05, 0) is 12.0 Å². The van der Waals surface area contributed by atoms with Gasteiger partial charge >= 0.3 is 0 Å². The molecule has 0 bridgehead atoms. The summed E-state index contributed by atoms with van der Waals surface area (Å²) >= 11 is 1.09. The Morgan fingerprint density at radius 3 is 2.53 bits per heavy atom. The van der Waals surface area contributed by atoms with Crippen molar-refractivity contribution in [3.63, 3.8) is 0 Å². The van der Waals surface area contributed by atoms with Crippen LogP contribution in [0, 0.1) is 0 Å². The van der Waals surface area contributed by atoms with Gasteiger partial charge in [-0.2, -0.15) is 0 Å². The maximum atomic E-state index is 12.0. The third kappa shape index (κ3) is 3.23. The number of aryl methyl sites for hydroxylation is 1. The first-order valence-corrected chi connectivity index (χ1v) is 7.19. The summed E-state index contributed by atoms with van der Waals surface area (Å²) in [6, 6.07) is 7.27. The van der Waals surface area contributed by atoms with E-state index in [4.69, 9.17) is 0 Å². The molecule has 1 saturated heterocycles. The molecule has 100 valence electrons. The predicted molar refractivity (Wildman–Crippen MR) is 74.3 cm³/mol. The Labute approximate surface area is 116 Å². The summed E-state index contributed by atoms with van der Waals surface area (Å²) in [6.45, 7) is 1.88. The molecule has 0 spiro atoms. The van der Waals surface area contributed by atoms with Gasteiger partial charge in [0.25, 0.3) is 5.24 Å². The molecule has 0 aromatic heterocycles. The van der Waals surface area contributed by atoms with E-state index >= 15 is 0 Å². The number of hydrogen-bond donors (Lipinski definition) is 0. The standard InChI is InChI=1S/C14H15NO3S/c1-2-10-3-5-11(6-4-10)12(16)9-15-13(17)7-8-19-14(15)18/h3-6H,2,7-9H2,1H3. The van der Waals surface area contributed by atoms with Crippen LogP contribution in [-0.4, -0.2) is 34.1 Å². The molecule has 0 aliphatic carbocycles. The normalized spacial score (nSPS) is 15.7. The molecule has 1 fully saturated rings. The van der Waals surface area contributed by atoms with Crippen molar-refractivity contribution in [3.05, 3.63) is 35.4 Å². The molecule has 4 nitrogen and oxygen atoms in total. The van der Waals surface area contributed by atoms with Crippen LogP contribution < -0.4 is 0 Å². The van der Waals surface area contributed by atoms with Crippen LogP contribution in [-0.2, 0) is 11.2 Å². The van der Waals surface area contributed by atoms with Crippen LogP contribution >= 0.6 is 11.8 Å². The highest BCUT2D eigenvalue weighted by molar-refractivity contribution is 8.13. The van der Waals surface area contributed by atoms with Crippen LogP contribution in [0.4, 0.5) is 4.79 Å². The van der Waals surface area contributed by atoms with Crippen molar-refractivity contribution in [2.75, 3.05) is 12.3 Å². The molecule has 19 heavy (non-hydrogen) atoms. The fourth-order valence-electron chi connectivity index (χ4n) is 1.85. The van der Waals surface area contributed by atoms with Crippen molar-refractivity contribution in [2.45, 2.75) is 19.8 Å². The second-order valence-electron chi connectivity index (χ2n) is 4.32. The Kier molecular flexibility index (Phi) is 4.37. The molecule has 1 aromatic carbocycles. The lowest BCUT2D eigenvalue weighted by atomic mass is 10.1. The Hall–Kier alpha value is -1.62. The van der Waals surface area contributed by atoms with Gasteiger partial charge in [0.2, 0.25) is 5.91 Å². The summed E-state index contributed by atoms with van der Waals surface area (Å²) in [5, 5.41) is -0.324. The highest BCUT2D eigenvalue weighted by Gasteiger charge is 2.28. The van der Waals surface area contributed by atoms with Gasteiger partial charge in [0.1, 0.15) is 0 Å². The Balaban J connectivity index is 2.07. The third-order valence-corrected chi connectivity index (χ3v) is 3.92. The second kappa shape index (κ2) is 6.02. The van der Waals surface area contributed by atoms with E-state index in [1.807, 2.05) is 19.1 Å². The van der Waals surface area contributed by atoms with Gasteiger partial charge in [-0.3, -0.25) is 19.3 Å². The van der Waals surface area contributed by atoms with Gasteiger partial charge in [0, 0.05) is 17.7 Å². The number of Topliss-reactive ketones (excluding diaryl/α,β-unsaturated/α-hetero) is 1. The topological polar surface area (TPSA) is 54.5 Å². The monoisotopic (exact) mass is 277 g/mol. The number of thioether (sulfide) groups is 1. The summed E-state index contributed by atoms with van der Waals surface area (Å²) in [7, 11) is 0. The molecule has 2 amide bonds. The lowest BCUT2D eigenvalue weighted by molar-refractivity contribution is -0.127. The molecular formula is C14H15NO3S. The Bertz CT molecular complexity index is 494. The lowest BCUT2D eigenvalue weighted by Gasteiger charge is -2.23. The summed E-state index contributed by atoms with van der Waals surface area (Å²) in [6.07, 6.45) is 1.23. The van der Waals surface area contributed by atoms with Crippen molar-refractivity contribution >= 4 is 28.7 Å². The lowest BCUT2D eigenvalue weighted by Crippen LogP contribution is -2.41. The first-order valence-electron chi connectivity index (χ1n) is 6.21. The smallest absolute Gasteiger partial charge is 0.288 e. The van der Waals surface area contributed by atoms with Crippen molar-refractivity contribution in [1.82, 2.24) is 4.90 Å². The van der Waals surface area contributed by atoms with E-state index in [9.17, 15) is 14.4 Å². The van der Waals surface area contributed by atoms with E-state index in [0.29, 0.717) is 17.7 Å². The maximum absolute atomic E-state index is 12.0. The molecule has 1 heterocycles. The van der Waals surface area contributed by atoms with Gasteiger partial charge in [-0.25, -0.2) is 0 Å². The zero-order valence-electron chi connectivity index (χ0n) is 10.7. The number of carbonyl (C=O) groups excluding carboxylic acids is 3. The Morgan fingerprint density at radius 2 is 1.95 bits per heavy atom. The van der Waals surface area contributed by atoms with E-state index in [-0.39, 0.29) is 23.5 Å². The van der Waals surface area contributed by atoms with Gasteiger partial charge in [-0.1, -0.05) is 43.0 Å². The molecule has 5 heteroatoms. The average molecular weight is 277 g/mol. The number of rotatable bonds is 4. The quantitative estimate of drug-likeness (QED) is 0.794. The predicted octanol–water partition coefficient (Wildman–Crippen LogP) is 2.52. The number of hydrogen-bond acceptors (Lipinski definition) is 4. The molecule has 0 unspecified atom stereocenters. The molecule has 2 rings (SSSR count). The van der Waals surface area contributed by atoms with Crippen LogP contribution in [0.1, 0.15) is 29.3 Å². The van der Waals surface area contributed by atoms with Crippen molar-refractivity contribution < 1.29 is 14.4 Å². The number of ketones is 1. The van der Waals surface area contributed by atoms with E-state index in [1.165, 1.54) is 0 Å². The van der Waals surface area contributed by atoms with Crippen molar-refractivity contribution in [1.29, 1.82) is 0 Å². The zero-order valence-corrected chi connectivity index (χ0v) is 11.5. The van der Waals surface area contributed by atoms with Gasteiger partial charge in [-0.15, -0.1) is 0 Å². The minimum atomic E-state index is -0.324. The molecule has 0 radical (unpaired) electrons. The summed E-state index contributed by atoms with van der Waals surface area (Å²) in [5.41, 5.74) is 1.69. The fourth-order valence-corrected chi connectivity index (χ4v) is 2.63. The molecule has 0 saturated carbocycles. The third-order valence-electron chi connectivity index (χ3n) is 3.05. The maximum Gasteiger partial charge on any atom is 0.288 e. The van der Waals surface area contributed by atoms with E-state index in [2.05, 4.69) is 0 Å². The van der Waals surface area contributed by atoms with Gasteiger partial charge in [0.05, 0.1) is 6.54 Å². The highest BCUT2D eigenvalue weighted by Crippen LogP contribution is 2.19. The highest BCUT2D eigenvalue weighted by atomic mass is 32.2. The second-order valence-corrected chi connectivity index (χ2v) is 5.36. The summed E-state index contributed by atoms with van der Waals surface area (Å²) in [4.78, 5) is 36.3. The summed E-state index contributed by atoms with van der Waals surface area (Å²) in [5.74, 6) is 0.0437. The van der Waals surface area contributed by atoms with Crippen LogP contribution in [0.2, 0.25) is 0 Å². The molecule has 1 aromatic rings. The number of nitrogens with zero attached hydrogens (tertiary/aromatic N) is 1. The van der Waals surface area contributed by atoms with Crippen molar-refractivity contribution in [3.8, 4) is 0 Å². The van der Waals surface area contributed by atoms with E-state index in [0.717, 1.165) is 28.6 Å². The van der Waals surface area contributed by atoms with E-state index < -0.39 is 0 Å². The van der Waals surface area contributed by atoms with Crippen molar-refractivity contribution in [2.24, 2.45) is 0 Å². The molecule has 1 aliphatic heterocycles. The molecule has 1 aliphatic rings. The van der Waals surface area contributed by atoms with Gasteiger partial charge in [0.15, 0.2) is 5.78 Å². The average Bonchev–Trinajstić information content (AvgIpc) is 2.43.